The fourth-order valence-corrected chi connectivity index (χ4v) is 104. The molecule has 0 saturated carbocycles. The molecule has 14 heteroatoms. The van der Waals surface area contributed by atoms with Gasteiger partial charge in [0.25, 0.3) is 0 Å². The molecule has 4 aromatic carbocycles. The van der Waals surface area contributed by atoms with Gasteiger partial charge in [-0.1, -0.05) is 308 Å². The standard InChI is InChI=1S/C70H128Si14/c1-73(2,3)65(74(4,5)6)57-51-59(67(77(13,14)15)78(16,17)18)63(60(52-57)68(79(19,20)21)80(22,23)24)71(49-47-55-43-39-37-40-44-55)72(50-48-56-45-41-38-42-46-56)64-61(69(81(25,26)27)82(28,29)30)53-58(66(75(7,8)9)76(10,11)12)54-62(64)70(83(31,32)33)84(34,35)36/h37-46,51-54,65-70H,1-36H3/b72-71+. The third-order valence-corrected chi connectivity index (χ3v) is 80.6. The molecular weight excluding hydrogens is 1230 g/mol. The summed E-state index contributed by atoms with van der Waals surface area (Å²) in [4.78, 5) is 0. The van der Waals surface area contributed by atoms with Crippen LogP contribution in [0.15, 0.2) is 84.9 Å². The van der Waals surface area contributed by atoms with Gasteiger partial charge in [-0.05, 0) is 99.0 Å². The Kier molecular flexibility index (Phi) is 23.7. The molecule has 0 fully saturated rings. The van der Waals surface area contributed by atoms with Crippen LogP contribution in [0.1, 0.15) is 75.5 Å². The van der Waals surface area contributed by atoms with Gasteiger partial charge in [0.05, 0.1) is 0 Å². The molecule has 84 heavy (non-hydrogen) atoms. The van der Waals surface area contributed by atoms with Gasteiger partial charge in [-0.3, -0.25) is 0 Å². The highest BCUT2D eigenvalue weighted by Gasteiger charge is 2.50. The second-order valence-electron chi connectivity index (χ2n) is 39.1. The zero-order valence-electron chi connectivity index (χ0n) is 61.5. The third kappa shape index (κ3) is 19.1. The molecule has 0 amide bonds. The SMILES string of the molecule is C[Si](C)(C)C(c1cc(C([Si](C)(C)C)[Si](C)(C)C)c(/[Si](C#Cc2ccccc2)=[Si](\C#Cc2ccccc2)c2c(C([Si](C)(C)C)[Si](C)(C)C)cc(C([Si](C)(C)C)[Si](C)(C)C)cc2C([Si](C)(C)C)[Si](C)(C)C)c(C([Si](C)(C)C)[Si](C)(C)C)c1)[Si](C)(C)C. The van der Waals surface area contributed by atoms with E-state index in [2.05, 4.69) is 332 Å². The van der Waals surface area contributed by atoms with Gasteiger partial charge in [0.2, 0.25) is 0 Å². The number of hydrogen-bond donors (Lipinski definition) is 0. The van der Waals surface area contributed by atoms with Crippen LogP contribution >= 0.6 is 0 Å². The maximum atomic E-state index is 4.70. The normalized spacial score (nSPS) is 14.6. The minimum absolute atomic E-state index is 0.555. The number of benzene rings is 4. The van der Waals surface area contributed by atoms with E-state index in [1.165, 1.54) is 0 Å². The Balaban J connectivity index is 2.98. The van der Waals surface area contributed by atoms with Crippen molar-refractivity contribution in [3.8, 4) is 22.9 Å². The smallest absolute Gasteiger partial charge is 0.101 e. The predicted molar refractivity (Wildman–Crippen MR) is 427 cm³/mol. The number of rotatable bonds is 20. The average Bonchev–Trinajstić information content (AvgIpc) is 0.754. The van der Waals surface area contributed by atoms with Gasteiger partial charge in [0, 0.05) is 108 Å². The molecule has 0 spiro atoms. The van der Waals surface area contributed by atoms with E-state index in [9.17, 15) is 0 Å². The van der Waals surface area contributed by atoms with Gasteiger partial charge in [0.1, 0.15) is 15.8 Å². The Labute approximate surface area is 537 Å². The molecule has 0 heterocycles. The van der Waals surface area contributed by atoms with Crippen LogP contribution < -0.4 is 10.4 Å². The number of hydrogen-bond acceptors (Lipinski definition) is 0. The molecular formula is C70H128Si14. The molecule has 0 aliphatic rings. The van der Waals surface area contributed by atoms with Crippen LogP contribution in [-0.2, 0) is 0 Å². The molecule has 0 nitrogen and oxygen atoms in total. The first kappa shape index (κ1) is 75.5. The van der Waals surface area contributed by atoms with Crippen LogP contribution in [0, 0.1) is 22.9 Å². The molecule has 4 aromatic rings. The molecule has 0 radical (unpaired) electrons. The molecule has 4 rings (SSSR count). The Morgan fingerprint density at radius 1 is 0.238 bits per heavy atom. The van der Waals surface area contributed by atoms with Gasteiger partial charge in [-0.15, -0.1) is 11.1 Å². The van der Waals surface area contributed by atoms with E-state index in [0.29, 0.717) is 31.0 Å². The maximum absolute atomic E-state index is 4.70. The highest BCUT2D eigenvalue weighted by molar-refractivity contribution is 7.17. The van der Waals surface area contributed by atoms with Crippen LogP contribution in [-0.4, -0.2) is 113 Å². The van der Waals surface area contributed by atoms with Gasteiger partial charge in [-0.2, -0.15) is 0 Å². The summed E-state index contributed by atoms with van der Waals surface area (Å²) in [6.07, 6.45) is 0. The minimum Gasteiger partial charge on any atom is -0.101 e. The third-order valence-electron chi connectivity index (χ3n) is 17.7. The second kappa shape index (κ2) is 26.3. The van der Waals surface area contributed by atoms with Crippen molar-refractivity contribution in [1.29, 1.82) is 0 Å². The monoisotopic (exact) mass is 1360 g/mol. The summed E-state index contributed by atoms with van der Waals surface area (Å²) >= 11 is 0. The molecule has 464 valence electrons. The molecule has 0 saturated heterocycles. The summed E-state index contributed by atoms with van der Waals surface area (Å²) in [5.74, 6) is 8.42. The van der Waals surface area contributed by atoms with E-state index in [-0.39, 0.29) is 0 Å². The average molecular weight is 1360 g/mol. The van der Waals surface area contributed by atoms with Crippen molar-refractivity contribution in [2.75, 3.05) is 0 Å². The van der Waals surface area contributed by atoms with E-state index >= 15 is 0 Å². The van der Waals surface area contributed by atoms with E-state index < -0.39 is 113 Å². The van der Waals surface area contributed by atoms with Crippen molar-refractivity contribution in [2.45, 2.75) is 267 Å². The van der Waals surface area contributed by atoms with Crippen LogP contribution in [0.5, 0.6) is 0 Å². The molecule has 0 aliphatic heterocycles. The van der Waals surface area contributed by atoms with Crippen LogP contribution in [0.2, 0.25) is 236 Å². The van der Waals surface area contributed by atoms with Gasteiger partial charge >= 0.3 is 0 Å². The van der Waals surface area contributed by atoms with Crippen molar-refractivity contribution in [2.24, 2.45) is 0 Å². The lowest BCUT2D eigenvalue weighted by atomic mass is 10.1. The summed E-state index contributed by atoms with van der Waals surface area (Å²) in [7, 11) is -26.4. The van der Waals surface area contributed by atoms with E-state index in [4.69, 9.17) is 11.1 Å². The summed E-state index contributed by atoms with van der Waals surface area (Å²) in [6, 6.07) is 34.6. The zero-order chi connectivity index (χ0) is 65.1. The first-order valence-electron chi connectivity index (χ1n) is 32.6. The maximum Gasteiger partial charge on any atom is 0.134 e. The van der Waals surface area contributed by atoms with Crippen molar-refractivity contribution in [3.05, 3.63) is 129 Å². The zero-order valence-corrected chi connectivity index (χ0v) is 75.5. The largest absolute Gasteiger partial charge is 0.134 e. The topological polar surface area (TPSA) is 0 Å². The van der Waals surface area contributed by atoms with Crippen molar-refractivity contribution < 1.29 is 0 Å². The quantitative estimate of drug-likeness (QED) is 0.0611. The molecule has 0 unspecified atom stereocenters. The summed E-state index contributed by atoms with van der Waals surface area (Å²) in [5.41, 5.74) is 22.3. The van der Waals surface area contributed by atoms with E-state index in [1.807, 2.05) is 0 Å². The van der Waals surface area contributed by atoms with Gasteiger partial charge in [0.15, 0.2) is 0 Å². The van der Waals surface area contributed by atoms with Crippen LogP contribution in [0.4, 0.5) is 0 Å². The highest BCUT2D eigenvalue weighted by Crippen LogP contribution is 2.47. The molecule has 0 aromatic heterocycles. The molecule has 0 aliphatic carbocycles. The Bertz CT molecular complexity index is 2680. The Morgan fingerprint density at radius 3 is 0.560 bits per heavy atom. The summed E-state index contributed by atoms with van der Waals surface area (Å²) in [6.45, 7) is 98.9. The van der Waals surface area contributed by atoms with Crippen LogP contribution in [0.25, 0.3) is 0 Å². The molecule has 0 atom stereocenters. The minimum atomic E-state index is -1.94. The second-order valence-corrected chi connectivity index (χ2v) is 112. The lowest BCUT2D eigenvalue weighted by molar-refractivity contribution is 1.09. The first-order chi connectivity index (χ1) is 37.3. The van der Waals surface area contributed by atoms with E-state index in [0.717, 1.165) is 11.1 Å². The fourth-order valence-electron chi connectivity index (χ4n) is 18.6. The van der Waals surface area contributed by atoms with Crippen molar-refractivity contribution in [1.82, 2.24) is 0 Å². The highest BCUT2D eigenvalue weighted by atomic mass is 28.9. The fraction of sp³-hybridized carbons (Fsp3) is 0.600. The van der Waals surface area contributed by atoms with Crippen molar-refractivity contribution >= 4 is 123 Å². The van der Waals surface area contributed by atoms with E-state index in [1.54, 1.807) is 43.8 Å². The Hall–Kier alpha value is -0.964. The Morgan fingerprint density at radius 2 is 0.405 bits per heavy atom. The van der Waals surface area contributed by atoms with Gasteiger partial charge in [-0.25, -0.2) is 0 Å². The summed E-state index contributed by atoms with van der Waals surface area (Å²) < 4.78 is 0. The summed E-state index contributed by atoms with van der Waals surface area (Å²) in [5, 5.41) is 7.04. The van der Waals surface area contributed by atoms with Gasteiger partial charge < -0.3 is 0 Å². The van der Waals surface area contributed by atoms with Crippen LogP contribution in [0.3, 0.4) is 0 Å². The van der Waals surface area contributed by atoms with Crippen molar-refractivity contribution in [3.63, 3.8) is 0 Å². The lowest BCUT2D eigenvalue weighted by Gasteiger charge is -2.47. The molecule has 0 bridgehead atoms. The lowest BCUT2D eigenvalue weighted by Crippen LogP contribution is -2.57. The predicted octanol–water partition coefficient (Wildman–Crippen LogP) is 21.1. The first-order valence-corrected chi connectivity index (χ1v) is 79.5. The molecule has 0 N–H and O–H groups in total.